The van der Waals surface area contributed by atoms with Crippen molar-refractivity contribution in [3.8, 4) is 45.1 Å². The zero-order valence-electron chi connectivity index (χ0n) is 25.9. The summed E-state index contributed by atoms with van der Waals surface area (Å²) in [6, 6.07) is 39.0. The molecule has 0 N–H and O–H groups in total. The molecule has 0 saturated carbocycles. The van der Waals surface area contributed by atoms with Crippen molar-refractivity contribution >= 4 is 21.8 Å². The van der Waals surface area contributed by atoms with E-state index < -0.39 is 0 Å². The molecule has 0 aliphatic heterocycles. The normalized spacial score (nSPS) is 11.6. The molecule has 0 aliphatic rings. The number of aromatic nitrogens is 5. The molecular weight excluding hydrogens is 550 g/mol. The van der Waals surface area contributed by atoms with E-state index in [9.17, 15) is 0 Å². The molecule has 0 amide bonds. The first-order chi connectivity index (χ1) is 22.0. The van der Waals surface area contributed by atoms with E-state index in [4.69, 9.17) is 5.10 Å². The summed E-state index contributed by atoms with van der Waals surface area (Å²) in [6.07, 6.45) is 6.01. The Bertz CT molecular complexity index is 2340. The fourth-order valence-electron chi connectivity index (χ4n) is 6.88. The highest BCUT2D eigenvalue weighted by atomic mass is 15.3. The highest BCUT2D eigenvalue weighted by Gasteiger charge is 2.19. The van der Waals surface area contributed by atoms with E-state index in [0.717, 1.165) is 45.1 Å². The summed E-state index contributed by atoms with van der Waals surface area (Å²) in [5.41, 5.74) is 13.7. The number of rotatable bonds is 5. The summed E-state index contributed by atoms with van der Waals surface area (Å²) in [6.45, 7) is 6.53. The minimum atomic E-state index is 0.942. The molecule has 218 valence electrons. The van der Waals surface area contributed by atoms with Crippen LogP contribution in [0.4, 0.5) is 0 Å². The van der Waals surface area contributed by atoms with Gasteiger partial charge in [-0.25, -0.2) is 9.67 Å². The van der Waals surface area contributed by atoms with Gasteiger partial charge in [-0.15, -0.1) is 0 Å². The lowest BCUT2D eigenvalue weighted by Gasteiger charge is -2.11. The van der Waals surface area contributed by atoms with E-state index in [2.05, 4.69) is 150 Å². The van der Waals surface area contributed by atoms with Crippen LogP contribution >= 0.6 is 0 Å². The molecule has 0 unspecified atom stereocenters. The maximum atomic E-state index is 5.30. The molecule has 8 rings (SSSR count). The number of fused-ring (bicyclic) bond motifs is 3. The van der Waals surface area contributed by atoms with Crippen molar-refractivity contribution in [1.29, 1.82) is 0 Å². The van der Waals surface area contributed by atoms with Crippen LogP contribution in [0.3, 0.4) is 0 Å². The largest absolute Gasteiger partial charge is 0.334 e. The maximum absolute atomic E-state index is 5.30. The average molecular weight is 584 g/mol. The number of benzene rings is 5. The number of hydrogen-bond acceptors (Lipinski definition) is 2. The Hall–Kier alpha value is -5.68. The maximum Gasteiger partial charge on any atom is 0.139 e. The third-order valence-electron chi connectivity index (χ3n) is 8.82. The first-order valence-corrected chi connectivity index (χ1v) is 15.3. The number of para-hydroxylation sites is 1. The summed E-state index contributed by atoms with van der Waals surface area (Å²) >= 11 is 0. The molecule has 0 aliphatic carbocycles. The van der Waals surface area contributed by atoms with Gasteiger partial charge in [0.1, 0.15) is 11.5 Å². The molecule has 5 aromatic carbocycles. The molecule has 0 atom stereocenters. The molecule has 0 bridgehead atoms. The van der Waals surface area contributed by atoms with Crippen LogP contribution < -0.4 is 0 Å². The minimum Gasteiger partial charge on any atom is -0.334 e. The van der Waals surface area contributed by atoms with Crippen LogP contribution in [0.15, 0.2) is 128 Å². The quantitative estimate of drug-likeness (QED) is 0.202. The molecule has 0 spiro atoms. The van der Waals surface area contributed by atoms with Gasteiger partial charge in [-0.2, -0.15) is 5.10 Å². The van der Waals surface area contributed by atoms with Crippen molar-refractivity contribution in [2.24, 2.45) is 7.05 Å². The molecule has 0 radical (unpaired) electrons. The monoisotopic (exact) mass is 583 g/mol. The summed E-state index contributed by atoms with van der Waals surface area (Å²) in [7, 11) is 2.03. The Labute approximate surface area is 262 Å². The zero-order valence-corrected chi connectivity index (χ0v) is 25.9. The van der Waals surface area contributed by atoms with Crippen molar-refractivity contribution in [1.82, 2.24) is 23.9 Å². The highest BCUT2D eigenvalue weighted by molar-refractivity contribution is 6.09. The molecule has 45 heavy (non-hydrogen) atoms. The van der Waals surface area contributed by atoms with Crippen LogP contribution in [0.2, 0.25) is 0 Å². The van der Waals surface area contributed by atoms with E-state index in [1.807, 2.05) is 24.1 Å². The second kappa shape index (κ2) is 10.5. The van der Waals surface area contributed by atoms with Crippen LogP contribution in [-0.4, -0.2) is 23.9 Å². The van der Waals surface area contributed by atoms with Crippen molar-refractivity contribution in [2.75, 3.05) is 0 Å². The van der Waals surface area contributed by atoms with Gasteiger partial charge in [0, 0.05) is 58.8 Å². The summed E-state index contributed by atoms with van der Waals surface area (Å²) < 4.78 is 6.46. The predicted molar refractivity (Wildman–Crippen MR) is 185 cm³/mol. The van der Waals surface area contributed by atoms with Gasteiger partial charge in [0.25, 0.3) is 0 Å². The SMILES string of the molecule is Cc1cc(C)c(-c2nn(-c3ccc4c5ccccc5n(-c5cccc(-c6nccn6C)c5)c4c3)cc2-c2ccccc2)c(C)c1. The Kier molecular flexibility index (Phi) is 6.27. The van der Waals surface area contributed by atoms with Crippen LogP contribution in [0.1, 0.15) is 16.7 Å². The van der Waals surface area contributed by atoms with Crippen molar-refractivity contribution in [2.45, 2.75) is 20.8 Å². The van der Waals surface area contributed by atoms with Crippen LogP contribution in [0.5, 0.6) is 0 Å². The molecular formula is C40H33N5. The first-order valence-electron chi connectivity index (χ1n) is 15.3. The third kappa shape index (κ3) is 4.47. The molecule has 0 fully saturated rings. The molecule has 5 nitrogen and oxygen atoms in total. The van der Waals surface area contributed by atoms with Gasteiger partial charge in [-0.05, 0) is 67.8 Å². The Morgan fingerprint density at radius 2 is 1.36 bits per heavy atom. The van der Waals surface area contributed by atoms with E-state index in [1.165, 1.54) is 38.5 Å². The Morgan fingerprint density at radius 3 is 2.13 bits per heavy atom. The van der Waals surface area contributed by atoms with E-state index in [-0.39, 0.29) is 0 Å². The summed E-state index contributed by atoms with van der Waals surface area (Å²) in [4.78, 5) is 4.61. The van der Waals surface area contributed by atoms with Gasteiger partial charge in [0.15, 0.2) is 0 Å². The fourth-order valence-corrected chi connectivity index (χ4v) is 6.88. The number of aryl methyl sites for hydroxylation is 4. The molecule has 5 heteroatoms. The third-order valence-corrected chi connectivity index (χ3v) is 8.82. The molecule has 0 saturated heterocycles. The van der Waals surface area contributed by atoms with E-state index in [1.54, 1.807) is 0 Å². The van der Waals surface area contributed by atoms with Gasteiger partial charge in [-0.3, -0.25) is 0 Å². The van der Waals surface area contributed by atoms with E-state index in [0.29, 0.717) is 0 Å². The molecule has 3 heterocycles. The standard InChI is InChI=1S/C40H33N5/c1-26-21-27(2)38(28(3)22-26)39-35(29-11-6-5-7-12-29)25-44(42-39)31-17-18-34-33-15-8-9-16-36(33)45(37(34)24-31)32-14-10-13-30(23-32)40-41-19-20-43(40)4/h5-25H,1-4H3. The second-order valence-corrected chi connectivity index (χ2v) is 11.9. The first kappa shape index (κ1) is 26.9. The predicted octanol–water partition coefficient (Wildman–Crippen LogP) is 9.63. The topological polar surface area (TPSA) is 40.6 Å². The zero-order chi connectivity index (χ0) is 30.7. The van der Waals surface area contributed by atoms with Crippen LogP contribution in [0, 0.1) is 20.8 Å². The Balaban J connectivity index is 1.35. The molecule has 3 aromatic heterocycles. The highest BCUT2D eigenvalue weighted by Crippen LogP contribution is 2.38. The summed E-state index contributed by atoms with van der Waals surface area (Å²) in [5, 5.41) is 7.72. The summed E-state index contributed by atoms with van der Waals surface area (Å²) in [5.74, 6) is 0.942. The van der Waals surface area contributed by atoms with Crippen molar-refractivity contribution in [3.05, 3.63) is 144 Å². The van der Waals surface area contributed by atoms with Crippen LogP contribution in [-0.2, 0) is 7.05 Å². The minimum absolute atomic E-state index is 0.942. The van der Waals surface area contributed by atoms with Gasteiger partial charge < -0.3 is 9.13 Å². The van der Waals surface area contributed by atoms with Gasteiger partial charge in [-0.1, -0.05) is 84.4 Å². The van der Waals surface area contributed by atoms with Gasteiger partial charge in [0.2, 0.25) is 0 Å². The average Bonchev–Trinajstić information content (AvgIpc) is 3.76. The smallest absolute Gasteiger partial charge is 0.139 e. The molecule has 8 aromatic rings. The van der Waals surface area contributed by atoms with Gasteiger partial charge in [0.05, 0.1) is 16.7 Å². The van der Waals surface area contributed by atoms with Crippen molar-refractivity contribution in [3.63, 3.8) is 0 Å². The Morgan fingerprint density at radius 1 is 0.622 bits per heavy atom. The second-order valence-electron chi connectivity index (χ2n) is 11.9. The lowest BCUT2D eigenvalue weighted by molar-refractivity contribution is 0.884. The number of nitrogens with zero attached hydrogens (tertiary/aromatic N) is 5. The van der Waals surface area contributed by atoms with Crippen molar-refractivity contribution < 1.29 is 0 Å². The lowest BCUT2D eigenvalue weighted by Crippen LogP contribution is -1.99. The fraction of sp³-hybridized carbons (Fsp3) is 0.100. The van der Waals surface area contributed by atoms with Crippen LogP contribution in [0.25, 0.3) is 67.0 Å². The number of hydrogen-bond donors (Lipinski definition) is 0. The van der Waals surface area contributed by atoms with Gasteiger partial charge >= 0.3 is 0 Å². The number of imidazole rings is 1. The van der Waals surface area contributed by atoms with E-state index >= 15 is 0 Å². The lowest BCUT2D eigenvalue weighted by atomic mass is 9.93.